The third kappa shape index (κ3) is 46.0. The molecule has 0 aromatic carbocycles. The number of unbranched alkanes of at least 4 members (excludes halogenated alkanes) is 23. The molecule has 0 aliphatic rings. The van der Waals surface area contributed by atoms with E-state index in [1.807, 2.05) is 0 Å². The molecule has 0 heterocycles. The Kier molecular flexibility index (Phi) is 45.4. The minimum absolute atomic E-state index is 0.0852. The van der Waals surface area contributed by atoms with Gasteiger partial charge >= 0.3 is 17.9 Å². The van der Waals surface area contributed by atoms with Crippen LogP contribution in [0.2, 0.25) is 0 Å². The van der Waals surface area contributed by atoms with Crippen molar-refractivity contribution >= 4 is 17.9 Å². The topological polar surface area (TPSA) is 78.9 Å². The zero-order valence-corrected chi connectivity index (χ0v) is 38.8. The number of carbonyl (C=O) groups is 3. The smallest absolute Gasteiger partial charge is 0.306 e. The lowest BCUT2D eigenvalue weighted by Gasteiger charge is -2.18. The predicted molar refractivity (Wildman–Crippen MR) is 251 cm³/mol. The highest BCUT2D eigenvalue weighted by atomic mass is 16.6. The van der Waals surface area contributed by atoms with E-state index in [1.165, 1.54) is 96.3 Å². The second kappa shape index (κ2) is 47.8. The van der Waals surface area contributed by atoms with Crippen molar-refractivity contribution in [1.82, 2.24) is 0 Å². The van der Waals surface area contributed by atoms with E-state index in [0.717, 1.165) is 103 Å². The van der Waals surface area contributed by atoms with Gasteiger partial charge in [0.25, 0.3) is 0 Å². The van der Waals surface area contributed by atoms with Crippen LogP contribution in [0.4, 0.5) is 0 Å². The van der Waals surface area contributed by atoms with Crippen LogP contribution in [-0.4, -0.2) is 37.2 Å². The first-order valence-corrected chi connectivity index (χ1v) is 24.8. The van der Waals surface area contributed by atoms with Gasteiger partial charge in [0.1, 0.15) is 13.2 Å². The van der Waals surface area contributed by atoms with E-state index in [0.29, 0.717) is 19.3 Å². The maximum atomic E-state index is 12.8. The molecule has 0 aliphatic carbocycles. The Morgan fingerprint density at radius 3 is 1.10 bits per heavy atom. The molecular weight excluding hydrogens is 733 g/mol. The van der Waals surface area contributed by atoms with Gasteiger partial charge in [-0.05, 0) is 96.3 Å². The van der Waals surface area contributed by atoms with Gasteiger partial charge in [0, 0.05) is 19.3 Å². The first kappa shape index (κ1) is 56.1. The largest absolute Gasteiger partial charge is 0.462 e. The zero-order valence-electron chi connectivity index (χ0n) is 38.8. The standard InChI is InChI=1S/C53H92O6/c1-4-7-10-13-16-19-22-24-25-26-27-29-31-34-37-40-43-46-52(55)58-49-50(48-57-51(54)45-42-39-36-33-30-21-18-15-12-9-6-3)59-53(56)47-44-41-38-35-32-28-23-20-17-14-11-8-5-2/h7,10,15-16,18-20,23-25,50H,4-6,8-9,11-14,17,21-22,26-49H2,1-3H3/b10-7-,18-15-,19-16-,23-20-,25-24-. The summed E-state index contributed by atoms with van der Waals surface area (Å²) in [5, 5.41) is 0. The van der Waals surface area contributed by atoms with Crippen LogP contribution in [-0.2, 0) is 28.6 Å². The van der Waals surface area contributed by atoms with Crippen LogP contribution in [0.25, 0.3) is 0 Å². The van der Waals surface area contributed by atoms with Crippen LogP contribution in [0.15, 0.2) is 60.8 Å². The molecule has 0 saturated carbocycles. The number of carbonyl (C=O) groups excluding carboxylic acids is 3. The number of esters is 3. The van der Waals surface area contributed by atoms with Gasteiger partial charge in [-0.3, -0.25) is 14.4 Å². The average Bonchev–Trinajstić information content (AvgIpc) is 3.23. The van der Waals surface area contributed by atoms with Gasteiger partial charge in [0.2, 0.25) is 0 Å². The van der Waals surface area contributed by atoms with Crippen molar-refractivity contribution in [1.29, 1.82) is 0 Å². The van der Waals surface area contributed by atoms with Crippen LogP contribution in [0.1, 0.15) is 239 Å². The van der Waals surface area contributed by atoms with Crippen LogP contribution in [0.3, 0.4) is 0 Å². The fourth-order valence-corrected chi connectivity index (χ4v) is 6.73. The first-order chi connectivity index (χ1) is 29.0. The predicted octanol–water partition coefficient (Wildman–Crippen LogP) is 16.1. The van der Waals surface area contributed by atoms with Crippen LogP contribution in [0, 0.1) is 0 Å². The minimum atomic E-state index is -0.783. The number of rotatable bonds is 44. The lowest BCUT2D eigenvalue weighted by atomic mass is 10.1. The summed E-state index contributed by atoms with van der Waals surface area (Å²) in [4.78, 5) is 37.9. The van der Waals surface area contributed by atoms with Crippen molar-refractivity contribution in [2.75, 3.05) is 13.2 Å². The zero-order chi connectivity index (χ0) is 43.0. The Balaban J connectivity index is 4.38. The highest BCUT2D eigenvalue weighted by Crippen LogP contribution is 2.14. The Bertz CT molecular complexity index is 1090. The molecule has 0 aromatic rings. The van der Waals surface area contributed by atoms with E-state index in [2.05, 4.69) is 81.5 Å². The van der Waals surface area contributed by atoms with E-state index < -0.39 is 6.10 Å². The molecule has 0 bridgehead atoms. The fourth-order valence-electron chi connectivity index (χ4n) is 6.73. The molecule has 0 fully saturated rings. The summed E-state index contributed by atoms with van der Waals surface area (Å²) < 4.78 is 16.7. The van der Waals surface area contributed by atoms with Crippen molar-refractivity contribution < 1.29 is 28.6 Å². The molecule has 0 spiro atoms. The van der Waals surface area contributed by atoms with Gasteiger partial charge in [0.15, 0.2) is 6.10 Å². The molecule has 6 heteroatoms. The molecule has 59 heavy (non-hydrogen) atoms. The summed E-state index contributed by atoms with van der Waals surface area (Å²) in [5.41, 5.74) is 0. The molecule has 0 N–H and O–H groups in total. The normalized spacial score (nSPS) is 12.5. The van der Waals surface area contributed by atoms with E-state index in [-0.39, 0.29) is 31.1 Å². The molecule has 0 rings (SSSR count). The van der Waals surface area contributed by atoms with Gasteiger partial charge in [-0.1, -0.05) is 184 Å². The number of hydrogen-bond acceptors (Lipinski definition) is 6. The van der Waals surface area contributed by atoms with Crippen molar-refractivity contribution in [2.24, 2.45) is 0 Å². The molecule has 0 aliphatic heterocycles. The third-order valence-electron chi connectivity index (χ3n) is 10.5. The van der Waals surface area contributed by atoms with E-state index in [9.17, 15) is 14.4 Å². The third-order valence-corrected chi connectivity index (χ3v) is 10.5. The second-order valence-corrected chi connectivity index (χ2v) is 16.3. The summed E-state index contributed by atoms with van der Waals surface area (Å²) in [5.74, 6) is -0.912. The van der Waals surface area contributed by atoms with Crippen molar-refractivity contribution in [2.45, 2.75) is 245 Å². The number of ether oxygens (including phenoxy) is 3. The summed E-state index contributed by atoms with van der Waals surface area (Å²) in [6.45, 7) is 6.45. The van der Waals surface area contributed by atoms with Crippen molar-refractivity contribution in [3.05, 3.63) is 60.8 Å². The summed E-state index contributed by atoms with van der Waals surface area (Å²) in [6.07, 6.45) is 57.7. The van der Waals surface area contributed by atoms with E-state index in [4.69, 9.17) is 14.2 Å². The van der Waals surface area contributed by atoms with E-state index >= 15 is 0 Å². The van der Waals surface area contributed by atoms with Crippen LogP contribution < -0.4 is 0 Å². The van der Waals surface area contributed by atoms with Crippen LogP contribution in [0.5, 0.6) is 0 Å². The van der Waals surface area contributed by atoms with Gasteiger partial charge < -0.3 is 14.2 Å². The fraction of sp³-hybridized carbons (Fsp3) is 0.755. The molecule has 1 unspecified atom stereocenters. The monoisotopic (exact) mass is 825 g/mol. The highest BCUT2D eigenvalue weighted by Gasteiger charge is 2.19. The quantitative estimate of drug-likeness (QED) is 0.0263. The summed E-state index contributed by atoms with van der Waals surface area (Å²) >= 11 is 0. The highest BCUT2D eigenvalue weighted by molar-refractivity contribution is 5.71. The SMILES string of the molecule is CC/C=C\C/C=C\C/C=C\CCCCCCCCCC(=O)OCC(COC(=O)CCCCCCC/C=C\CCCC)OC(=O)CCCCCCC/C=C\CCCCCC. The van der Waals surface area contributed by atoms with E-state index in [1.54, 1.807) is 0 Å². The average molecular weight is 825 g/mol. The summed E-state index contributed by atoms with van der Waals surface area (Å²) in [6, 6.07) is 0. The molecule has 1 atom stereocenters. The first-order valence-electron chi connectivity index (χ1n) is 24.8. The number of hydrogen-bond donors (Lipinski definition) is 0. The molecule has 340 valence electrons. The molecule has 0 amide bonds. The van der Waals surface area contributed by atoms with Gasteiger partial charge in [-0.2, -0.15) is 0 Å². The van der Waals surface area contributed by atoms with Gasteiger partial charge in [0.05, 0.1) is 0 Å². The number of allylic oxidation sites excluding steroid dienone is 10. The van der Waals surface area contributed by atoms with Crippen molar-refractivity contribution in [3.8, 4) is 0 Å². The summed E-state index contributed by atoms with van der Waals surface area (Å²) in [7, 11) is 0. The molecule has 0 saturated heterocycles. The molecule has 6 nitrogen and oxygen atoms in total. The Morgan fingerprint density at radius 1 is 0.356 bits per heavy atom. The Morgan fingerprint density at radius 2 is 0.678 bits per heavy atom. The Hall–Kier alpha value is -2.89. The second-order valence-electron chi connectivity index (χ2n) is 16.3. The van der Waals surface area contributed by atoms with Gasteiger partial charge in [-0.15, -0.1) is 0 Å². The maximum Gasteiger partial charge on any atom is 0.306 e. The maximum absolute atomic E-state index is 12.8. The lowest BCUT2D eigenvalue weighted by Crippen LogP contribution is -2.30. The lowest BCUT2D eigenvalue weighted by molar-refractivity contribution is -0.167. The van der Waals surface area contributed by atoms with Crippen molar-refractivity contribution in [3.63, 3.8) is 0 Å². The molecule has 0 aromatic heterocycles. The van der Waals surface area contributed by atoms with Crippen LogP contribution >= 0.6 is 0 Å². The Labute approximate surface area is 364 Å². The minimum Gasteiger partial charge on any atom is -0.462 e. The molecule has 0 radical (unpaired) electrons. The van der Waals surface area contributed by atoms with Gasteiger partial charge in [-0.25, -0.2) is 0 Å². The molecular formula is C53H92O6.